The molecule has 2 atom stereocenters. The number of rotatable bonds is 14. The van der Waals surface area contributed by atoms with E-state index in [2.05, 4.69) is 5.32 Å². The molecule has 2 amide bonds. The van der Waals surface area contributed by atoms with Crippen molar-refractivity contribution in [3.8, 4) is 0 Å². The Balaban J connectivity index is 1.90. The molecule has 12 heteroatoms. The van der Waals surface area contributed by atoms with Crippen LogP contribution in [0.2, 0.25) is 0 Å². The largest absolute Gasteiger partial charge is 0.416 e. The molecule has 0 aliphatic carbocycles. The zero-order chi connectivity index (χ0) is 32.5. The maximum Gasteiger partial charge on any atom is 0.416 e. The molecule has 3 aromatic carbocycles. The van der Waals surface area contributed by atoms with Crippen molar-refractivity contribution in [1.82, 2.24) is 10.2 Å². The first-order valence-electron chi connectivity index (χ1n) is 14.2. The molecule has 44 heavy (non-hydrogen) atoms. The van der Waals surface area contributed by atoms with E-state index >= 15 is 0 Å². The lowest BCUT2D eigenvalue weighted by Gasteiger charge is -2.32. The molecule has 238 valence electrons. The summed E-state index contributed by atoms with van der Waals surface area (Å²) in [6.07, 6.45) is -3.17. The SMILES string of the molecule is CC[C@@H](C)NC(=O)[C@@H](Cc1ccccc1)N(Cc1ccc(F)cc1)C(=O)CCCN(c1cccc(C(F)(F)F)c1)S(C)(=O)=O. The van der Waals surface area contributed by atoms with E-state index in [1.807, 2.05) is 44.2 Å². The molecule has 0 aliphatic rings. The predicted molar refractivity (Wildman–Crippen MR) is 162 cm³/mol. The highest BCUT2D eigenvalue weighted by atomic mass is 32.2. The minimum absolute atomic E-state index is 0.0199. The van der Waals surface area contributed by atoms with E-state index in [0.717, 1.165) is 34.3 Å². The van der Waals surface area contributed by atoms with Gasteiger partial charge in [0.05, 0.1) is 17.5 Å². The summed E-state index contributed by atoms with van der Waals surface area (Å²) in [5.74, 6) is -1.30. The second-order valence-electron chi connectivity index (χ2n) is 10.7. The minimum atomic E-state index is -4.67. The van der Waals surface area contributed by atoms with Gasteiger partial charge in [0, 0.05) is 32.0 Å². The van der Waals surface area contributed by atoms with Gasteiger partial charge in [0.1, 0.15) is 11.9 Å². The summed E-state index contributed by atoms with van der Waals surface area (Å²) in [4.78, 5) is 28.8. The Morgan fingerprint density at radius 3 is 2.18 bits per heavy atom. The van der Waals surface area contributed by atoms with Crippen LogP contribution in [-0.2, 0) is 38.8 Å². The first kappa shape index (κ1) is 34.6. The second-order valence-corrected chi connectivity index (χ2v) is 12.6. The number of hydrogen-bond donors (Lipinski definition) is 1. The highest BCUT2D eigenvalue weighted by Crippen LogP contribution is 2.32. The lowest BCUT2D eigenvalue weighted by Crippen LogP contribution is -2.52. The Morgan fingerprint density at radius 2 is 1.59 bits per heavy atom. The fourth-order valence-electron chi connectivity index (χ4n) is 4.62. The van der Waals surface area contributed by atoms with Gasteiger partial charge < -0.3 is 10.2 Å². The van der Waals surface area contributed by atoms with Crippen molar-refractivity contribution in [3.05, 3.63) is 101 Å². The molecular formula is C32H37F4N3O4S. The fraction of sp³-hybridized carbons (Fsp3) is 0.375. The molecule has 0 heterocycles. The molecule has 0 spiro atoms. The average Bonchev–Trinajstić information content (AvgIpc) is 2.97. The molecule has 1 N–H and O–H groups in total. The third kappa shape index (κ3) is 10.1. The Hall–Kier alpha value is -3.93. The number of anilines is 1. The third-order valence-electron chi connectivity index (χ3n) is 7.15. The fourth-order valence-corrected chi connectivity index (χ4v) is 5.58. The van der Waals surface area contributed by atoms with Gasteiger partial charge in [-0.3, -0.25) is 13.9 Å². The van der Waals surface area contributed by atoms with E-state index in [-0.39, 0.29) is 50.0 Å². The van der Waals surface area contributed by atoms with E-state index < -0.39 is 39.5 Å². The molecule has 7 nitrogen and oxygen atoms in total. The van der Waals surface area contributed by atoms with Crippen LogP contribution in [-0.4, -0.2) is 50.0 Å². The van der Waals surface area contributed by atoms with Gasteiger partial charge in [0.25, 0.3) is 0 Å². The lowest BCUT2D eigenvalue weighted by molar-refractivity contribution is -0.141. The number of sulfonamides is 1. The first-order valence-corrected chi connectivity index (χ1v) is 16.1. The number of nitrogens with one attached hydrogen (secondary N) is 1. The average molecular weight is 636 g/mol. The smallest absolute Gasteiger partial charge is 0.352 e. The van der Waals surface area contributed by atoms with Crippen molar-refractivity contribution >= 4 is 27.5 Å². The maximum atomic E-state index is 13.8. The lowest BCUT2D eigenvalue weighted by atomic mass is 10.0. The Labute approximate surface area is 255 Å². The summed E-state index contributed by atoms with van der Waals surface area (Å²) in [6, 6.07) is 17.5. The number of halogens is 4. The van der Waals surface area contributed by atoms with Gasteiger partial charge in [-0.15, -0.1) is 0 Å². The molecule has 0 saturated carbocycles. The van der Waals surface area contributed by atoms with Crippen molar-refractivity contribution in [2.24, 2.45) is 0 Å². The van der Waals surface area contributed by atoms with Crippen LogP contribution in [0.25, 0.3) is 0 Å². The van der Waals surface area contributed by atoms with E-state index in [4.69, 9.17) is 0 Å². The Bertz CT molecular complexity index is 1500. The molecule has 3 aromatic rings. The van der Waals surface area contributed by atoms with Gasteiger partial charge >= 0.3 is 6.18 Å². The van der Waals surface area contributed by atoms with Gasteiger partial charge in [-0.1, -0.05) is 55.5 Å². The second kappa shape index (κ2) is 15.2. The number of carbonyl (C=O) groups excluding carboxylic acids is 2. The molecule has 0 saturated heterocycles. The van der Waals surface area contributed by atoms with Crippen LogP contribution in [0.15, 0.2) is 78.9 Å². The van der Waals surface area contributed by atoms with E-state index in [1.165, 1.54) is 35.2 Å². The van der Waals surface area contributed by atoms with Gasteiger partial charge in [-0.25, -0.2) is 12.8 Å². The van der Waals surface area contributed by atoms with Crippen LogP contribution in [0.1, 0.15) is 49.8 Å². The van der Waals surface area contributed by atoms with Crippen molar-refractivity contribution in [1.29, 1.82) is 0 Å². The van der Waals surface area contributed by atoms with Gasteiger partial charge in [0.2, 0.25) is 21.8 Å². The van der Waals surface area contributed by atoms with Crippen LogP contribution in [0, 0.1) is 5.82 Å². The number of carbonyl (C=O) groups is 2. The van der Waals surface area contributed by atoms with Crippen LogP contribution in [0.3, 0.4) is 0 Å². The van der Waals surface area contributed by atoms with Gasteiger partial charge in [-0.05, 0) is 61.2 Å². The zero-order valence-electron chi connectivity index (χ0n) is 24.9. The number of amides is 2. The summed E-state index contributed by atoms with van der Waals surface area (Å²) in [7, 11) is -4.00. The van der Waals surface area contributed by atoms with Crippen LogP contribution in [0.5, 0.6) is 0 Å². The summed E-state index contributed by atoms with van der Waals surface area (Å²) in [5, 5.41) is 2.94. The number of hydrogen-bond acceptors (Lipinski definition) is 4. The van der Waals surface area contributed by atoms with Gasteiger partial charge in [0.15, 0.2) is 0 Å². The normalized spacial score (nSPS) is 13.2. The highest BCUT2D eigenvalue weighted by molar-refractivity contribution is 7.92. The van der Waals surface area contributed by atoms with E-state index in [9.17, 15) is 35.6 Å². The number of nitrogens with zero attached hydrogens (tertiary/aromatic N) is 2. The number of alkyl halides is 3. The summed E-state index contributed by atoms with van der Waals surface area (Å²) in [6.45, 7) is 3.47. The molecule has 0 unspecified atom stereocenters. The molecule has 0 bridgehead atoms. The minimum Gasteiger partial charge on any atom is -0.352 e. The first-order chi connectivity index (χ1) is 20.7. The van der Waals surface area contributed by atoms with Crippen LogP contribution < -0.4 is 9.62 Å². The Morgan fingerprint density at radius 1 is 0.932 bits per heavy atom. The van der Waals surface area contributed by atoms with Crippen molar-refractivity contribution < 1.29 is 35.6 Å². The molecular weight excluding hydrogens is 598 g/mol. The zero-order valence-corrected chi connectivity index (χ0v) is 25.7. The van der Waals surface area contributed by atoms with Crippen molar-refractivity contribution in [2.45, 2.75) is 64.3 Å². The standard InChI is InChI=1S/C32H37F4N3O4S/c1-4-23(2)37-31(41)29(20-24-10-6-5-7-11-24)38(22-25-15-17-27(33)18-16-25)30(40)14-9-19-39(44(3,42)43)28-13-8-12-26(21-28)32(34,35)36/h5-8,10-13,15-18,21,23,29H,4,9,14,19-20,22H2,1-3H3,(H,37,41)/t23-,29-/m1/s1. The quantitative estimate of drug-likeness (QED) is 0.222. The topological polar surface area (TPSA) is 86.8 Å². The van der Waals surface area contributed by atoms with Crippen molar-refractivity contribution in [2.75, 3.05) is 17.1 Å². The number of benzene rings is 3. The molecule has 0 fully saturated rings. The van der Waals surface area contributed by atoms with E-state index in [0.29, 0.717) is 12.0 Å². The molecule has 0 radical (unpaired) electrons. The van der Waals surface area contributed by atoms with Crippen LogP contribution in [0.4, 0.5) is 23.2 Å². The van der Waals surface area contributed by atoms with Gasteiger partial charge in [-0.2, -0.15) is 13.2 Å². The van der Waals surface area contributed by atoms with E-state index in [1.54, 1.807) is 0 Å². The van der Waals surface area contributed by atoms with Crippen LogP contribution >= 0.6 is 0 Å². The highest BCUT2D eigenvalue weighted by Gasteiger charge is 2.33. The third-order valence-corrected chi connectivity index (χ3v) is 8.35. The summed E-state index contributed by atoms with van der Waals surface area (Å²) < 4.78 is 79.5. The molecule has 0 aliphatic heterocycles. The molecule has 0 aromatic heterocycles. The maximum absolute atomic E-state index is 13.8. The van der Waals surface area contributed by atoms with Crippen molar-refractivity contribution in [3.63, 3.8) is 0 Å². The predicted octanol–water partition coefficient (Wildman–Crippen LogP) is 5.95. The molecule has 3 rings (SSSR count). The Kier molecular flexibility index (Phi) is 11.9. The summed E-state index contributed by atoms with van der Waals surface area (Å²) in [5.41, 5.74) is 0.214. The summed E-state index contributed by atoms with van der Waals surface area (Å²) >= 11 is 0. The monoisotopic (exact) mass is 635 g/mol.